The predicted molar refractivity (Wildman–Crippen MR) is 80.5 cm³/mol. The summed E-state index contributed by atoms with van der Waals surface area (Å²) < 4.78 is 6.65. The van der Waals surface area contributed by atoms with Gasteiger partial charge in [-0.2, -0.15) is 0 Å². The molecule has 19 heavy (non-hydrogen) atoms. The number of nitrogens with one attached hydrogen (secondary N) is 1. The van der Waals surface area contributed by atoms with E-state index < -0.39 is 0 Å². The molecule has 0 saturated heterocycles. The molecule has 2 rings (SSSR count). The van der Waals surface area contributed by atoms with Gasteiger partial charge in [0.05, 0.1) is 0 Å². The zero-order chi connectivity index (χ0) is 13.7. The molecule has 1 heterocycles. The maximum atomic E-state index is 6.14. The predicted octanol–water partition coefficient (Wildman–Crippen LogP) is 3.80. The van der Waals surface area contributed by atoms with Gasteiger partial charge in [0.15, 0.2) is 0 Å². The first-order chi connectivity index (χ1) is 9.19. The number of halogens is 2. The number of hydrogen-bond donors (Lipinski definition) is 1. The van der Waals surface area contributed by atoms with Crippen molar-refractivity contribution in [2.24, 2.45) is 0 Å². The van der Waals surface area contributed by atoms with E-state index in [2.05, 4.69) is 26.2 Å². The van der Waals surface area contributed by atoms with Gasteiger partial charge in [-0.1, -0.05) is 39.7 Å². The minimum Gasteiger partial charge on any atom is -0.472 e. The fourth-order valence-electron chi connectivity index (χ4n) is 1.65. The highest BCUT2D eigenvalue weighted by Gasteiger charge is 2.05. The van der Waals surface area contributed by atoms with Gasteiger partial charge < -0.3 is 10.1 Å². The second-order valence-electron chi connectivity index (χ2n) is 4.08. The van der Waals surface area contributed by atoms with Gasteiger partial charge in [0, 0.05) is 17.2 Å². The number of hydrogen-bond acceptors (Lipinski definition) is 3. The van der Waals surface area contributed by atoms with E-state index in [1.54, 1.807) is 6.20 Å². The summed E-state index contributed by atoms with van der Waals surface area (Å²) in [4.78, 5) is 4.23. The first kappa shape index (κ1) is 14.3. The van der Waals surface area contributed by atoms with E-state index >= 15 is 0 Å². The Hall–Kier alpha value is -1.10. The van der Waals surface area contributed by atoms with Crippen LogP contribution >= 0.6 is 27.5 Å². The topological polar surface area (TPSA) is 34.2 Å². The quantitative estimate of drug-likeness (QED) is 0.898. The van der Waals surface area contributed by atoms with Crippen LogP contribution in [-0.2, 0) is 13.2 Å². The largest absolute Gasteiger partial charge is 0.472 e. The standard InChI is InChI=1S/C14H14BrClN2O/c1-17-7-11-6-13(16)14(18-8-11)19-9-10-3-2-4-12(15)5-10/h2-6,8,17H,7,9H2,1H3. The van der Waals surface area contributed by atoms with E-state index in [0.717, 1.165) is 22.1 Å². The van der Waals surface area contributed by atoms with Crippen LogP contribution < -0.4 is 10.1 Å². The Bertz CT molecular complexity index is 563. The Morgan fingerprint density at radius 2 is 2.16 bits per heavy atom. The average Bonchev–Trinajstić information content (AvgIpc) is 2.38. The average molecular weight is 342 g/mol. The molecule has 0 saturated carbocycles. The number of aromatic nitrogens is 1. The summed E-state index contributed by atoms with van der Waals surface area (Å²) >= 11 is 9.56. The smallest absolute Gasteiger partial charge is 0.232 e. The highest BCUT2D eigenvalue weighted by Crippen LogP contribution is 2.23. The third kappa shape index (κ3) is 4.20. The lowest BCUT2D eigenvalue weighted by atomic mass is 10.2. The third-order valence-electron chi connectivity index (χ3n) is 2.51. The second kappa shape index (κ2) is 6.89. The summed E-state index contributed by atoms with van der Waals surface area (Å²) in [6, 6.07) is 9.80. The van der Waals surface area contributed by atoms with Crippen molar-refractivity contribution in [2.45, 2.75) is 13.2 Å². The summed E-state index contributed by atoms with van der Waals surface area (Å²) in [5, 5.41) is 3.58. The third-order valence-corrected chi connectivity index (χ3v) is 3.27. The zero-order valence-corrected chi connectivity index (χ0v) is 12.8. The van der Waals surface area contributed by atoms with Crippen LogP contribution in [0, 0.1) is 0 Å². The van der Waals surface area contributed by atoms with Crippen LogP contribution in [0.2, 0.25) is 5.02 Å². The van der Waals surface area contributed by atoms with E-state index in [1.165, 1.54) is 0 Å². The molecule has 0 radical (unpaired) electrons. The van der Waals surface area contributed by atoms with E-state index in [1.807, 2.05) is 37.4 Å². The molecule has 0 aliphatic heterocycles. The van der Waals surface area contributed by atoms with Crippen molar-refractivity contribution < 1.29 is 4.74 Å². The van der Waals surface area contributed by atoms with Gasteiger partial charge in [-0.25, -0.2) is 4.98 Å². The molecule has 0 aliphatic carbocycles. The molecular formula is C14H14BrClN2O. The van der Waals surface area contributed by atoms with Crippen molar-refractivity contribution >= 4 is 27.5 Å². The Labute approximate surface area is 126 Å². The lowest BCUT2D eigenvalue weighted by Gasteiger charge is -2.08. The van der Waals surface area contributed by atoms with Crippen LogP contribution in [0.25, 0.3) is 0 Å². The molecular weight excluding hydrogens is 328 g/mol. The van der Waals surface area contributed by atoms with E-state index in [9.17, 15) is 0 Å². The van der Waals surface area contributed by atoms with Gasteiger partial charge in [0.1, 0.15) is 11.6 Å². The highest BCUT2D eigenvalue weighted by molar-refractivity contribution is 9.10. The summed E-state index contributed by atoms with van der Waals surface area (Å²) in [5.74, 6) is 0.460. The summed E-state index contributed by atoms with van der Waals surface area (Å²) in [5.41, 5.74) is 2.09. The van der Waals surface area contributed by atoms with Crippen LogP contribution in [0.4, 0.5) is 0 Å². The summed E-state index contributed by atoms with van der Waals surface area (Å²) in [6.07, 6.45) is 1.76. The van der Waals surface area contributed by atoms with Crippen LogP contribution in [0.15, 0.2) is 41.0 Å². The molecule has 0 unspecified atom stereocenters. The van der Waals surface area contributed by atoms with E-state index in [-0.39, 0.29) is 0 Å². The van der Waals surface area contributed by atoms with Gasteiger partial charge in [0.2, 0.25) is 5.88 Å². The highest BCUT2D eigenvalue weighted by atomic mass is 79.9. The molecule has 0 aliphatic rings. The fraction of sp³-hybridized carbons (Fsp3) is 0.214. The van der Waals surface area contributed by atoms with Crippen LogP contribution in [0.5, 0.6) is 5.88 Å². The van der Waals surface area contributed by atoms with Crippen molar-refractivity contribution in [3.05, 3.63) is 57.2 Å². The minimum atomic E-state index is 0.442. The molecule has 1 aromatic heterocycles. The summed E-state index contributed by atoms with van der Waals surface area (Å²) in [6.45, 7) is 1.18. The van der Waals surface area contributed by atoms with Gasteiger partial charge in [-0.15, -0.1) is 0 Å². The van der Waals surface area contributed by atoms with Gasteiger partial charge in [-0.3, -0.25) is 0 Å². The van der Waals surface area contributed by atoms with Crippen molar-refractivity contribution in [2.75, 3.05) is 7.05 Å². The molecule has 0 amide bonds. The minimum absolute atomic E-state index is 0.442. The Morgan fingerprint density at radius 1 is 1.32 bits per heavy atom. The van der Waals surface area contributed by atoms with Crippen LogP contribution in [-0.4, -0.2) is 12.0 Å². The molecule has 0 bridgehead atoms. The molecule has 2 aromatic rings. The molecule has 1 N–H and O–H groups in total. The SMILES string of the molecule is CNCc1cnc(OCc2cccc(Br)c2)c(Cl)c1. The maximum Gasteiger partial charge on any atom is 0.232 e. The number of pyridine rings is 1. The molecule has 100 valence electrons. The molecule has 5 heteroatoms. The van der Waals surface area contributed by atoms with E-state index in [0.29, 0.717) is 17.5 Å². The van der Waals surface area contributed by atoms with E-state index in [4.69, 9.17) is 16.3 Å². The van der Waals surface area contributed by atoms with Crippen molar-refractivity contribution in [3.8, 4) is 5.88 Å². The molecule has 0 atom stereocenters. The number of ether oxygens (including phenoxy) is 1. The van der Waals surface area contributed by atoms with Gasteiger partial charge in [0.25, 0.3) is 0 Å². The molecule has 0 fully saturated rings. The molecule has 1 aromatic carbocycles. The first-order valence-corrected chi connectivity index (χ1v) is 7.02. The van der Waals surface area contributed by atoms with Crippen LogP contribution in [0.3, 0.4) is 0 Å². The van der Waals surface area contributed by atoms with Gasteiger partial charge in [-0.05, 0) is 36.4 Å². The fourth-order valence-corrected chi connectivity index (χ4v) is 2.34. The molecule has 3 nitrogen and oxygen atoms in total. The lowest BCUT2D eigenvalue weighted by molar-refractivity contribution is 0.294. The Kier molecular flexibility index (Phi) is 5.19. The number of nitrogens with zero attached hydrogens (tertiary/aromatic N) is 1. The maximum absolute atomic E-state index is 6.14. The van der Waals surface area contributed by atoms with Crippen LogP contribution in [0.1, 0.15) is 11.1 Å². The second-order valence-corrected chi connectivity index (χ2v) is 5.40. The van der Waals surface area contributed by atoms with Crippen molar-refractivity contribution in [3.63, 3.8) is 0 Å². The molecule has 0 spiro atoms. The first-order valence-electron chi connectivity index (χ1n) is 5.85. The van der Waals surface area contributed by atoms with Crippen molar-refractivity contribution in [1.82, 2.24) is 10.3 Å². The van der Waals surface area contributed by atoms with Crippen molar-refractivity contribution in [1.29, 1.82) is 0 Å². The lowest BCUT2D eigenvalue weighted by Crippen LogP contribution is -2.06. The Morgan fingerprint density at radius 3 is 2.84 bits per heavy atom. The monoisotopic (exact) mass is 340 g/mol. The number of benzene rings is 1. The summed E-state index contributed by atoms with van der Waals surface area (Å²) in [7, 11) is 1.88. The number of rotatable bonds is 5. The normalized spacial score (nSPS) is 10.5. The van der Waals surface area contributed by atoms with Gasteiger partial charge >= 0.3 is 0 Å². The zero-order valence-electron chi connectivity index (χ0n) is 10.5. The Balaban J connectivity index is 2.03.